The van der Waals surface area contributed by atoms with Crippen LogP contribution in [0.4, 0.5) is 0 Å². The number of hydrogen-bond acceptors (Lipinski definition) is 0. The molecule has 3 heteroatoms. The van der Waals surface area contributed by atoms with Gasteiger partial charge in [0.25, 0.3) is 0 Å². The van der Waals surface area contributed by atoms with Crippen molar-refractivity contribution in [1.29, 1.82) is 0 Å². The Hall–Kier alpha value is -2.31. The normalized spacial score (nSPS) is 27.4. The molecule has 0 saturated heterocycles. The van der Waals surface area contributed by atoms with Gasteiger partial charge in [-0.1, -0.05) is 0 Å². The first-order valence-corrected chi connectivity index (χ1v) is 29.6. The monoisotopic (exact) mass is 920 g/mol. The summed E-state index contributed by atoms with van der Waals surface area (Å²) in [6.45, 7) is 36.0. The summed E-state index contributed by atoms with van der Waals surface area (Å²) in [5, 5.41) is 0. The molecule has 0 nitrogen and oxygen atoms in total. The second-order valence-corrected chi connectivity index (χ2v) is 36.5. The van der Waals surface area contributed by atoms with E-state index in [4.69, 9.17) is 4.21 Å². The van der Waals surface area contributed by atoms with E-state index in [2.05, 4.69) is 194 Å². The summed E-state index contributed by atoms with van der Waals surface area (Å²) in [5.41, 5.74) is 13.3. The molecule has 0 aromatic heterocycles. The number of allylic oxidation sites excluding steroid dienone is 10. The summed E-state index contributed by atoms with van der Waals surface area (Å²) in [7, 11) is 0. The SMILES string of the molecule is Cl.Cl.[CH2]=[Zr]([C]1=CC(C(C)(C)C)=CC1CCCC)([c]1ccc(C)cc1)([c]1ccc(C)cc1)[C]1(C)C2=C3Cc4ccccc4C3=C3C=CCCC3C2(C)C(C)(C)C(C)(C)C1(C)C. The molecule has 322 valence electrons. The third kappa shape index (κ3) is 5.65. The molecule has 3 aromatic rings. The van der Waals surface area contributed by atoms with Crippen LogP contribution in [0.15, 0.2) is 123 Å². The van der Waals surface area contributed by atoms with Crippen LogP contribution in [-0.2, 0) is 24.7 Å². The van der Waals surface area contributed by atoms with Crippen LogP contribution in [0.25, 0.3) is 5.57 Å². The Labute approximate surface area is 379 Å². The fraction of sp³-hybridized carbons (Fsp3) is 0.491. The van der Waals surface area contributed by atoms with Gasteiger partial charge in [-0.3, -0.25) is 0 Å². The van der Waals surface area contributed by atoms with Crippen molar-refractivity contribution in [1.82, 2.24) is 0 Å². The van der Waals surface area contributed by atoms with Crippen molar-refractivity contribution in [3.8, 4) is 0 Å². The molecule has 0 N–H and O–H groups in total. The van der Waals surface area contributed by atoms with E-state index >= 15 is 0 Å². The molecular formula is C57H76Cl2Zr. The van der Waals surface area contributed by atoms with Gasteiger partial charge in [0.1, 0.15) is 0 Å². The van der Waals surface area contributed by atoms with Gasteiger partial charge >= 0.3 is 357 Å². The Morgan fingerprint density at radius 3 is 1.87 bits per heavy atom. The molecule has 0 spiro atoms. The summed E-state index contributed by atoms with van der Waals surface area (Å²) in [4.78, 5) is 0. The van der Waals surface area contributed by atoms with E-state index < -0.39 is 18.3 Å². The molecular weight excluding hydrogens is 847 g/mol. The molecule has 0 heterocycles. The molecule has 1 fully saturated rings. The molecule has 4 unspecified atom stereocenters. The standard InChI is InChI=1S/C29H37.C13H21.2C7H7.CH2.2ClH.Zr/c1-18-25-22-17-19-13-9-10-14-20(19)24(22)21-15-11-12-16-23(21)29(25,8)28(6,7)27(4,5)26(18,2)3;1-5-6-7-11-8-9-12(10-11)13(2,3)4;2*1-7-5-3-2-4-6-7;;;;/h9-11,13-15,23H,12,16-17H2,1-8H3;9-11H,5-7H2,1-4H3;2*3-6H,1H3;1H2;2*1H;. The van der Waals surface area contributed by atoms with Gasteiger partial charge in [0, 0.05) is 0 Å². The first kappa shape index (κ1) is 47.2. The van der Waals surface area contributed by atoms with E-state index in [1.54, 1.807) is 25.6 Å². The molecule has 0 radical (unpaired) electrons. The molecule has 0 aliphatic heterocycles. The summed E-state index contributed by atoms with van der Waals surface area (Å²) >= 11 is -5.45. The van der Waals surface area contributed by atoms with E-state index in [9.17, 15) is 0 Å². The van der Waals surface area contributed by atoms with Crippen LogP contribution in [0, 0.1) is 52.8 Å². The van der Waals surface area contributed by atoms with Gasteiger partial charge < -0.3 is 0 Å². The Balaban J connectivity index is 0.00000302. The Bertz CT molecular complexity index is 2370. The number of benzene rings is 3. The van der Waals surface area contributed by atoms with Crippen LogP contribution < -0.4 is 6.54 Å². The summed E-state index contributed by atoms with van der Waals surface area (Å²) in [6.07, 6.45) is 17.5. The van der Waals surface area contributed by atoms with Crippen LogP contribution in [0.2, 0.25) is 3.12 Å². The van der Waals surface area contributed by atoms with E-state index in [0.29, 0.717) is 11.8 Å². The molecule has 0 bridgehead atoms. The van der Waals surface area contributed by atoms with Crippen molar-refractivity contribution in [2.45, 2.75) is 139 Å². The average Bonchev–Trinajstić information content (AvgIpc) is 3.80. The zero-order valence-corrected chi connectivity index (χ0v) is 43.7. The Morgan fingerprint density at radius 2 is 1.32 bits per heavy atom. The van der Waals surface area contributed by atoms with Crippen molar-refractivity contribution >= 4 is 41.1 Å². The molecule has 4 atom stereocenters. The van der Waals surface area contributed by atoms with Gasteiger partial charge in [-0.15, -0.1) is 24.8 Å². The minimum absolute atomic E-state index is 0. The third-order valence-electron chi connectivity index (χ3n) is 19.2. The molecule has 5 aliphatic rings. The first-order chi connectivity index (χ1) is 27.1. The van der Waals surface area contributed by atoms with Gasteiger partial charge in [0.2, 0.25) is 0 Å². The second-order valence-electron chi connectivity index (χ2n) is 22.7. The van der Waals surface area contributed by atoms with E-state index in [-0.39, 0.29) is 55.0 Å². The van der Waals surface area contributed by atoms with Gasteiger partial charge in [0.15, 0.2) is 0 Å². The number of hydrogen-bond donors (Lipinski definition) is 0. The third-order valence-corrected chi connectivity index (χ3v) is 39.1. The van der Waals surface area contributed by atoms with Crippen molar-refractivity contribution in [3.05, 3.63) is 145 Å². The number of aryl methyl sites for hydroxylation is 2. The van der Waals surface area contributed by atoms with Crippen LogP contribution in [-0.4, -0.2) is 4.21 Å². The fourth-order valence-corrected chi connectivity index (χ4v) is 35.8. The topological polar surface area (TPSA) is 0 Å². The Morgan fingerprint density at radius 1 is 0.750 bits per heavy atom. The number of rotatable bonds is 7. The van der Waals surface area contributed by atoms with Gasteiger partial charge in [-0.2, -0.15) is 0 Å². The molecule has 8 rings (SSSR count). The minimum atomic E-state index is -5.45. The van der Waals surface area contributed by atoms with Crippen LogP contribution >= 0.6 is 24.8 Å². The molecule has 3 aromatic carbocycles. The van der Waals surface area contributed by atoms with Crippen molar-refractivity contribution in [3.63, 3.8) is 0 Å². The summed E-state index contributed by atoms with van der Waals surface area (Å²) in [5.74, 6) is 0.761. The van der Waals surface area contributed by atoms with Crippen molar-refractivity contribution in [2.75, 3.05) is 0 Å². The first-order valence-electron chi connectivity index (χ1n) is 22.9. The number of unbranched alkanes of at least 4 members (excludes halogenated alkanes) is 1. The van der Waals surface area contributed by atoms with Crippen LogP contribution in [0.3, 0.4) is 0 Å². The fourth-order valence-electron chi connectivity index (χ4n) is 14.4. The van der Waals surface area contributed by atoms with Crippen molar-refractivity contribution < 1.29 is 18.3 Å². The van der Waals surface area contributed by atoms with Crippen LogP contribution in [0.1, 0.15) is 137 Å². The molecule has 1 saturated carbocycles. The van der Waals surface area contributed by atoms with E-state index in [0.717, 1.165) is 12.8 Å². The molecule has 5 aliphatic carbocycles. The van der Waals surface area contributed by atoms with E-state index in [1.807, 2.05) is 0 Å². The second kappa shape index (κ2) is 15.2. The average molecular weight is 923 g/mol. The predicted octanol–water partition coefficient (Wildman–Crippen LogP) is 15.5. The number of halogens is 2. The van der Waals surface area contributed by atoms with Gasteiger partial charge in [-0.05, 0) is 0 Å². The molecule has 0 amide bonds. The summed E-state index contributed by atoms with van der Waals surface area (Å²) < 4.78 is 10.8. The summed E-state index contributed by atoms with van der Waals surface area (Å²) in [6, 6.07) is 29.6. The number of fused-ring (bicyclic) bond motifs is 6. The van der Waals surface area contributed by atoms with Crippen molar-refractivity contribution in [2.24, 2.45) is 38.9 Å². The quantitative estimate of drug-likeness (QED) is 0.222. The van der Waals surface area contributed by atoms with Gasteiger partial charge in [-0.25, -0.2) is 0 Å². The zero-order chi connectivity index (χ0) is 42.1. The molecule has 60 heavy (non-hydrogen) atoms. The maximum absolute atomic E-state index is 6.40. The maximum atomic E-state index is 6.40. The Kier molecular flexibility index (Phi) is 11.9. The van der Waals surface area contributed by atoms with Crippen LogP contribution in [0.5, 0.6) is 0 Å². The predicted molar refractivity (Wildman–Crippen MR) is 266 cm³/mol. The zero-order valence-electron chi connectivity index (χ0n) is 39.7. The van der Waals surface area contributed by atoms with Gasteiger partial charge in [0.05, 0.1) is 0 Å². The van der Waals surface area contributed by atoms with E-state index in [1.165, 1.54) is 60.1 Å².